The molecule has 2 unspecified atom stereocenters. The molecule has 7 heteroatoms. The highest BCUT2D eigenvalue weighted by Gasteiger charge is 2.44. The number of aliphatic carboxylic acids is 1. The number of carbonyl (C=O) groups is 1. The minimum atomic E-state index is -1.33. The predicted octanol–water partition coefficient (Wildman–Crippen LogP) is 2.14. The van der Waals surface area contributed by atoms with Crippen LogP contribution in [0.15, 0.2) is 29.3 Å². The first-order chi connectivity index (χ1) is 10.9. The number of nitrogens with one attached hydrogen (secondary N) is 1. The Balaban J connectivity index is 2.35. The van der Waals surface area contributed by atoms with Crippen molar-refractivity contribution in [3.8, 4) is 11.8 Å². The first kappa shape index (κ1) is 17.2. The summed E-state index contributed by atoms with van der Waals surface area (Å²) >= 11 is 1.15. The Labute approximate surface area is 138 Å². The maximum atomic E-state index is 11.8. The molecule has 6 nitrogen and oxygen atoms in total. The average Bonchev–Trinajstić information content (AvgIpc) is 2.91. The molecule has 2 atom stereocenters. The molecule has 1 aromatic carbocycles. The highest BCUT2D eigenvalue weighted by Crippen LogP contribution is 2.42. The fraction of sp³-hybridized carbons (Fsp3) is 0.375. The molecule has 0 saturated carbocycles. The Bertz CT molecular complexity index is 683. The van der Waals surface area contributed by atoms with E-state index in [2.05, 4.69) is 5.32 Å². The SMILES string of the molecule is CC1=CSC(C(=O)O)(c2ccc(OC(C)CCO)c(C#N)c2)N1. The molecule has 122 valence electrons. The lowest BCUT2D eigenvalue weighted by Gasteiger charge is -2.26. The quantitative estimate of drug-likeness (QED) is 0.732. The third-order valence-corrected chi connectivity index (χ3v) is 4.79. The number of hydrogen-bond donors (Lipinski definition) is 3. The van der Waals surface area contributed by atoms with Crippen molar-refractivity contribution in [3.05, 3.63) is 40.4 Å². The van der Waals surface area contributed by atoms with Gasteiger partial charge in [0, 0.05) is 24.3 Å². The van der Waals surface area contributed by atoms with Crippen molar-refractivity contribution in [1.29, 1.82) is 5.26 Å². The maximum absolute atomic E-state index is 11.8. The number of thioether (sulfide) groups is 1. The summed E-state index contributed by atoms with van der Waals surface area (Å²) in [5.41, 5.74) is 1.49. The molecule has 0 aliphatic carbocycles. The van der Waals surface area contributed by atoms with Gasteiger partial charge in [-0.3, -0.25) is 0 Å². The van der Waals surface area contributed by atoms with Gasteiger partial charge in [0.2, 0.25) is 4.87 Å². The Morgan fingerprint density at radius 2 is 2.30 bits per heavy atom. The van der Waals surface area contributed by atoms with Gasteiger partial charge in [-0.1, -0.05) is 17.8 Å². The van der Waals surface area contributed by atoms with Crippen molar-refractivity contribution in [1.82, 2.24) is 5.32 Å². The van der Waals surface area contributed by atoms with Gasteiger partial charge in [0.15, 0.2) is 0 Å². The summed E-state index contributed by atoms with van der Waals surface area (Å²) in [6, 6.07) is 6.81. The number of carboxylic acids is 1. The van der Waals surface area contributed by atoms with E-state index in [0.29, 0.717) is 17.7 Å². The number of nitriles is 1. The van der Waals surface area contributed by atoms with E-state index in [0.717, 1.165) is 17.5 Å². The predicted molar refractivity (Wildman–Crippen MR) is 86.7 cm³/mol. The molecule has 0 saturated heterocycles. The van der Waals surface area contributed by atoms with Crippen molar-refractivity contribution < 1.29 is 19.7 Å². The summed E-state index contributed by atoms with van der Waals surface area (Å²) in [5, 5.41) is 32.6. The smallest absolute Gasteiger partial charge is 0.345 e. The Hall–Kier alpha value is -2.17. The van der Waals surface area contributed by atoms with E-state index < -0.39 is 10.8 Å². The van der Waals surface area contributed by atoms with Gasteiger partial charge in [-0.2, -0.15) is 5.26 Å². The van der Waals surface area contributed by atoms with E-state index in [1.165, 1.54) is 6.07 Å². The van der Waals surface area contributed by atoms with Gasteiger partial charge in [0.1, 0.15) is 11.8 Å². The first-order valence-electron chi connectivity index (χ1n) is 7.11. The van der Waals surface area contributed by atoms with Crippen molar-refractivity contribution in [3.63, 3.8) is 0 Å². The first-order valence-corrected chi connectivity index (χ1v) is 7.99. The Morgan fingerprint density at radius 3 is 2.83 bits per heavy atom. The number of carboxylic acid groups (broad SMARTS) is 1. The van der Waals surface area contributed by atoms with E-state index in [-0.39, 0.29) is 18.3 Å². The molecule has 1 aliphatic rings. The van der Waals surface area contributed by atoms with Gasteiger partial charge < -0.3 is 20.3 Å². The Kier molecular flexibility index (Phi) is 5.19. The number of hydrogen-bond acceptors (Lipinski definition) is 6. The summed E-state index contributed by atoms with van der Waals surface area (Å²) in [5.74, 6) is -0.646. The summed E-state index contributed by atoms with van der Waals surface area (Å²) in [6.45, 7) is 3.58. The topological polar surface area (TPSA) is 103 Å². The van der Waals surface area contributed by atoms with Gasteiger partial charge in [-0.25, -0.2) is 4.79 Å². The van der Waals surface area contributed by atoms with Crippen molar-refractivity contribution in [2.45, 2.75) is 31.2 Å². The van der Waals surface area contributed by atoms with Gasteiger partial charge in [0.25, 0.3) is 0 Å². The lowest BCUT2D eigenvalue weighted by molar-refractivity contribution is -0.140. The molecule has 0 spiro atoms. The maximum Gasteiger partial charge on any atom is 0.345 e. The highest BCUT2D eigenvalue weighted by molar-refractivity contribution is 8.03. The zero-order valence-electron chi connectivity index (χ0n) is 12.9. The van der Waals surface area contributed by atoms with Crippen LogP contribution in [-0.2, 0) is 9.67 Å². The standard InChI is InChI=1S/C16H18N2O4S/c1-10-9-23-16(18-10,15(20)21)13-3-4-14(12(7-13)8-17)22-11(2)5-6-19/h3-4,7,9,11,18-19H,5-6H2,1-2H3,(H,20,21). The largest absolute Gasteiger partial charge is 0.489 e. The van der Waals surface area contributed by atoms with Crippen LogP contribution in [0.5, 0.6) is 5.75 Å². The summed E-state index contributed by atoms with van der Waals surface area (Å²) in [4.78, 5) is 10.4. The third kappa shape index (κ3) is 3.44. The fourth-order valence-corrected chi connectivity index (χ4v) is 3.27. The molecule has 0 fully saturated rings. The number of rotatable bonds is 6. The van der Waals surface area contributed by atoms with Crippen LogP contribution < -0.4 is 10.1 Å². The number of benzene rings is 1. The molecule has 1 heterocycles. The number of allylic oxidation sites excluding steroid dienone is 1. The zero-order chi connectivity index (χ0) is 17.0. The van der Waals surface area contributed by atoms with E-state index in [1.807, 2.05) is 6.07 Å². The molecule has 1 aromatic rings. The molecule has 23 heavy (non-hydrogen) atoms. The van der Waals surface area contributed by atoms with E-state index >= 15 is 0 Å². The lowest BCUT2D eigenvalue weighted by Crippen LogP contribution is -2.42. The number of ether oxygens (including phenoxy) is 1. The van der Waals surface area contributed by atoms with Crippen LogP contribution in [0.1, 0.15) is 31.4 Å². The summed E-state index contributed by atoms with van der Waals surface area (Å²) in [7, 11) is 0. The molecule has 0 amide bonds. The van der Waals surface area contributed by atoms with Crippen LogP contribution in [0.2, 0.25) is 0 Å². The minimum absolute atomic E-state index is 0.00519. The van der Waals surface area contributed by atoms with Crippen molar-refractivity contribution in [2.24, 2.45) is 0 Å². The van der Waals surface area contributed by atoms with Crippen molar-refractivity contribution >= 4 is 17.7 Å². The summed E-state index contributed by atoms with van der Waals surface area (Å²) < 4.78 is 5.64. The van der Waals surface area contributed by atoms with Gasteiger partial charge in [0.05, 0.1) is 11.7 Å². The van der Waals surface area contributed by atoms with Crippen LogP contribution >= 0.6 is 11.8 Å². The molecule has 3 N–H and O–H groups in total. The van der Waals surface area contributed by atoms with Crippen LogP contribution in [0, 0.1) is 11.3 Å². The summed E-state index contributed by atoms with van der Waals surface area (Å²) in [6.07, 6.45) is 0.209. The van der Waals surface area contributed by atoms with E-state index in [9.17, 15) is 15.2 Å². The average molecular weight is 334 g/mol. The number of nitrogens with zero attached hydrogens (tertiary/aromatic N) is 1. The number of aliphatic hydroxyl groups excluding tert-OH is 1. The molecule has 0 radical (unpaired) electrons. The molecular formula is C16H18N2O4S. The van der Waals surface area contributed by atoms with Crippen LogP contribution in [0.3, 0.4) is 0 Å². The second-order valence-electron chi connectivity index (χ2n) is 5.29. The Morgan fingerprint density at radius 1 is 1.57 bits per heavy atom. The second kappa shape index (κ2) is 6.94. The minimum Gasteiger partial charge on any atom is -0.489 e. The van der Waals surface area contributed by atoms with E-state index in [1.54, 1.807) is 31.4 Å². The fourth-order valence-electron chi connectivity index (χ4n) is 2.28. The molecule has 0 aromatic heterocycles. The third-order valence-electron chi connectivity index (χ3n) is 3.46. The second-order valence-corrected chi connectivity index (χ2v) is 6.38. The van der Waals surface area contributed by atoms with Crippen LogP contribution in [0.25, 0.3) is 0 Å². The molecule has 2 rings (SSSR count). The highest BCUT2D eigenvalue weighted by atomic mass is 32.2. The number of aliphatic hydroxyl groups is 1. The van der Waals surface area contributed by atoms with Gasteiger partial charge in [-0.05, 0) is 31.4 Å². The van der Waals surface area contributed by atoms with E-state index in [4.69, 9.17) is 9.84 Å². The zero-order valence-corrected chi connectivity index (χ0v) is 13.7. The molecule has 0 bridgehead atoms. The van der Waals surface area contributed by atoms with Crippen LogP contribution in [0.4, 0.5) is 0 Å². The molecular weight excluding hydrogens is 316 g/mol. The van der Waals surface area contributed by atoms with Gasteiger partial charge >= 0.3 is 5.97 Å². The van der Waals surface area contributed by atoms with Crippen molar-refractivity contribution in [2.75, 3.05) is 6.61 Å². The molecule has 1 aliphatic heterocycles. The normalized spacial score (nSPS) is 21.0. The van der Waals surface area contributed by atoms with Crippen LogP contribution in [-0.4, -0.2) is 28.9 Å². The van der Waals surface area contributed by atoms with Gasteiger partial charge in [-0.15, -0.1) is 0 Å². The lowest BCUT2D eigenvalue weighted by atomic mass is 10.0. The monoisotopic (exact) mass is 334 g/mol.